The summed E-state index contributed by atoms with van der Waals surface area (Å²) >= 11 is 0. The number of likely N-dealkylation sites (tertiary alicyclic amines) is 1. The van der Waals surface area contributed by atoms with Crippen LogP contribution in [0.25, 0.3) is 0 Å². The lowest BCUT2D eigenvalue weighted by Crippen LogP contribution is -2.45. The molecule has 1 aliphatic heterocycles. The lowest BCUT2D eigenvalue weighted by atomic mass is 9.89. The zero-order valence-corrected chi connectivity index (χ0v) is 14.9. The van der Waals surface area contributed by atoms with Gasteiger partial charge in [0.25, 0.3) is 0 Å². The molecule has 3 amide bonds. The van der Waals surface area contributed by atoms with E-state index in [4.69, 9.17) is 0 Å². The van der Waals surface area contributed by atoms with Gasteiger partial charge in [0.1, 0.15) is 0 Å². The minimum absolute atomic E-state index is 0.0457. The van der Waals surface area contributed by atoms with E-state index in [0.717, 1.165) is 25.1 Å². The zero-order valence-electron chi connectivity index (χ0n) is 14.9. The van der Waals surface area contributed by atoms with E-state index in [1.165, 1.54) is 32.1 Å². The van der Waals surface area contributed by atoms with Crippen LogP contribution in [0.4, 0.5) is 10.5 Å². The normalized spacial score (nSPS) is 19.4. The van der Waals surface area contributed by atoms with Crippen molar-refractivity contribution in [2.24, 2.45) is 11.8 Å². The van der Waals surface area contributed by atoms with Gasteiger partial charge in [0.2, 0.25) is 5.91 Å². The molecule has 1 aromatic rings. The summed E-state index contributed by atoms with van der Waals surface area (Å²) < 4.78 is 0. The standard InChI is InChI=1S/C20H29N3O2/c24-19(21-15-16-7-3-1-4-8-16)17-11-13-23(14-12-17)20(25)22-18-9-5-2-6-10-18/h2,5-6,9-10,16-17H,1,3-4,7-8,11-15H2,(H,21,24)(H,22,25). The Hall–Kier alpha value is -2.04. The number of carbonyl (C=O) groups excluding carboxylic acids is 2. The van der Waals surface area contributed by atoms with Gasteiger partial charge in [-0.25, -0.2) is 4.79 Å². The maximum absolute atomic E-state index is 12.4. The number of benzene rings is 1. The van der Waals surface area contributed by atoms with Crippen molar-refractivity contribution in [3.8, 4) is 0 Å². The largest absolute Gasteiger partial charge is 0.356 e. The maximum Gasteiger partial charge on any atom is 0.321 e. The number of nitrogens with one attached hydrogen (secondary N) is 2. The maximum atomic E-state index is 12.4. The van der Waals surface area contributed by atoms with Crippen LogP contribution in [0.3, 0.4) is 0 Å². The van der Waals surface area contributed by atoms with Gasteiger partial charge in [0.15, 0.2) is 0 Å². The second kappa shape index (κ2) is 8.88. The highest BCUT2D eigenvalue weighted by Crippen LogP contribution is 2.23. The molecule has 2 fully saturated rings. The zero-order chi connectivity index (χ0) is 17.5. The molecule has 0 bridgehead atoms. The molecule has 5 nitrogen and oxygen atoms in total. The Kier molecular flexibility index (Phi) is 6.31. The van der Waals surface area contributed by atoms with Gasteiger partial charge in [-0.3, -0.25) is 4.79 Å². The van der Waals surface area contributed by atoms with Gasteiger partial charge in [-0.1, -0.05) is 37.5 Å². The molecule has 1 saturated heterocycles. The highest BCUT2D eigenvalue weighted by molar-refractivity contribution is 5.89. The fourth-order valence-corrected chi connectivity index (χ4v) is 3.85. The summed E-state index contributed by atoms with van der Waals surface area (Å²) in [7, 11) is 0. The fraction of sp³-hybridized carbons (Fsp3) is 0.600. The van der Waals surface area contributed by atoms with Crippen molar-refractivity contribution in [3.05, 3.63) is 30.3 Å². The van der Waals surface area contributed by atoms with Crippen molar-refractivity contribution < 1.29 is 9.59 Å². The van der Waals surface area contributed by atoms with Crippen molar-refractivity contribution in [2.75, 3.05) is 25.0 Å². The second-order valence-corrected chi connectivity index (χ2v) is 7.31. The minimum Gasteiger partial charge on any atom is -0.356 e. The SMILES string of the molecule is O=C(NCC1CCCCC1)C1CCN(C(=O)Nc2ccccc2)CC1. The van der Waals surface area contributed by atoms with Crippen LogP contribution in [0.1, 0.15) is 44.9 Å². The highest BCUT2D eigenvalue weighted by Gasteiger charge is 2.27. The van der Waals surface area contributed by atoms with E-state index in [-0.39, 0.29) is 17.9 Å². The summed E-state index contributed by atoms with van der Waals surface area (Å²) in [5.74, 6) is 0.882. The molecule has 25 heavy (non-hydrogen) atoms. The monoisotopic (exact) mass is 343 g/mol. The molecule has 0 unspecified atom stereocenters. The number of urea groups is 1. The van der Waals surface area contributed by atoms with Gasteiger partial charge in [-0.05, 0) is 43.7 Å². The molecule has 2 N–H and O–H groups in total. The van der Waals surface area contributed by atoms with Crippen molar-refractivity contribution in [2.45, 2.75) is 44.9 Å². The molecule has 1 aliphatic carbocycles. The number of piperidine rings is 1. The first kappa shape index (κ1) is 17.8. The van der Waals surface area contributed by atoms with Crippen molar-refractivity contribution in [1.82, 2.24) is 10.2 Å². The summed E-state index contributed by atoms with van der Waals surface area (Å²) in [5.41, 5.74) is 0.805. The molecule has 0 spiro atoms. The molecule has 1 aromatic carbocycles. The molecule has 136 valence electrons. The number of nitrogens with zero attached hydrogens (tertiary/aromatic N) is 1. The predicted octanol–water partition coefficient (Wildman–Crippen LogP) is 3.63. The van der Waals surface area contributed by atoms with Crippen LogP contribution in [0, 0.1) is 11.8 Å². The van der Waals surface area contributed by atoms with Crippen molar-refractivity contribution in [3.63, 3.8) is 0 Å². The molecule has 3 rings (SSSR count). The van der Waals surface area contributed by atoms with Gasteiger partial charge in [-0.2, -0.15) is 0 Å². The molecule has 0 radical (unpaired) electrons. The first-order valence-corrected chi connectivity index (χ1v) is 9.61. The first-order chi connectivity index (χ1) is 12.2. The number of rotatable bonds is 4. The lowest BCUT2D eigenvalue weighted by molar-refractivity contribution is -0.126. The molecule has 0 aromatic heterocycles. The molecular formula is C20H29N3O2. The Labute approximate surface area is 150 Å². The van der Waals surface area contributed by atoms with Gasteiger partial charge < -0.3 is 15.5 Å². The van der Waals surface area contributed by atoms with E-state index in [1.807, 2.05) is 30.3 Å². The molecule has 1 heterocycles. The van der Waals surface area contributed by atoms with Gasteiger partial charge in [0.05, 0.1) is 0 Å². The number of hydrogen-bond donors (Lipinski definition) is 2. The molecule has 1 saturated carbocycles. The molecule has 0 atom stereocenters. The molecular weight excluding hydrogens is 314 g/mol. The lowest BCUT2D eigenvalue weighted by Gasteiger charge is -2.32. The highest BCUT2D eigenvalue weighted by atomic mass is 16.2. The topological polar surface area (TPSA) is 61.4 Å². The third-order valence-corrected chi connectivity index (χ3v) is 5.47. The molecule has 5 heteroatoms. The number of carbonyl (C=O) groups is 2. The Morgan fingerprint density at radius 1 is 0.960 bits per heavy atom. The van der Waals surface area contributed by atoms with Gasteiger partial charge >= 0.3 is 6.03 Å². The van der Waals surface area contributed by atoms with E-state index < -0.39 is 0 Å². The second-order valence-electron chi connectivity index (χ2n) is 7.31. The summed E-state index contributed by atoms with van der Waals surface area (Å²) in [4.78, 5) is 26.5. The smallest absolute Gasteiger partial charge is 0.321 e. The van der Waals surface area contributed by atoms with Crippen LogP contribution < -0.4 is 10.6 Å². The Bertz CT molecular complexity index is 562. The number of amides is 3. The summed E-state index contributed by atoms with van der Waals surface area (Å²) in [6.07, 6.45) is 7.94. The number of hydrogen-bond acceptors (Lipinski definition) is 2. The summed E-state index contributed by atoms with van der Waals surface area (Å²) in [6.45, 7) is 2.11. The Morgan fingerprint density at radius 2 is 1.64 bits per heavy atom. The van der Waals surface area contributed by atoms with Crippen LogP contribution in [0.5, 0.6) is 0 Å². The number of para-hydroxylation sites is 1. The average Bonchev–Trinajstić information content (AvgIpc) is 2.68. The molecule has 2 aliphatic rings. The van der Waals surface area contributed by atoms with Crippen LogP contribution >= 0.6 is 0 Å². The third-order valence-electron chi connectivity index (χ3n) is 5.47. The van der Waals surface area contributed by atoms with Gasteiger partial charge in [0, 0.05) is 31.2 Å². The van der Waals surface area contributed by atoms with Crippen LogP contribution in [-0.4, -0.2) is 36.5 Å². The average molecular weight is 343 g/mol. The Morgan fingerprint density at radius 3 is 2.32 bits per heavy atom. The summed E-state index contributed by atoms with van der Waals surface area (Å²) in [5, 5.41) is 6.06. The summed E-state index contributed by atoms with van der Waals surface area (Å²) in [6, 6.07) is 9.41. The van der Waals surface area contributed by atoms with E-state index >= 15 is 0 Å². The van der Waals surface area contributed by atoms with E-state index in [2.05, 4.69) is 10.6 Å². The third kappa shape index (κ3) is 5.21. The van der Waals surface area contributed by atoms with Crippen LogP contribution in [-0.2, 0) is 4.79 Å². The quantitative estimate of drug-likeness (QED) is 0.877. The predicted molar refractivity (Wildman–Crippen MR) is 99.3 cm³/mol. The number of anilines is 1. The minimum atomic E-state index is -0.0766. The van der Waals surface area contributed by atoms with Gasteiger partial charge in [-0.15, -0.1) is 0 Å². The first-order valence-electron chi connectivity index (χ1n) is 9.61. The van der Waals surface area contributed by atoms with Crippen molar-refractivity contribution in [1.29, 1.82) is 0 Å². The van der Waals surface area contributed by atoms with Crippen LogP contribution in [0.2, 0.25) is 0 Å². The van der Waals surface area contributed by atoms with Crippen LogP contribution in [0.15, 0.2) is 30.3 Å². The van der Waals surface area contributed by atoms with E-state index in [9.17, 15) is 9.59 Å². The van der Waals surface area contributed by atoms with E-state index in [1.54, 1.807) is 4.90 Å². The van der Waals surface area contributed by atoms with Crippen molar-refractivity contribution >= 4 is 17.6 Å². The Balaban J connectivity index is 1.38. The fourth-order valence-electron chi connectivity index (χ4n) is 3.85. The van der Waals surface area contributed by atoms with E-state index in [0.29, 0.717) is 19.0 Å².